The summed E-state index contributed by atoms with van der Waals surface area (Å²) in [6.07, 6.45) is 10.7. The van der Waals surface area contributed by atoms with Gasteiger partial charge in [0.05, 0.1) is 18.2 Å². The first kappa shape index (κ1) is 19.7. The molecule has 1 aliphatic carbocycles. The molecule has 0 N–H and O–H groups in total. The number of hydrogen-bond donors (Lipinski definition) is 0. The minimum atomic E-state index is 0.264. The zero-order valence-electron chi connectivity index (χ0n) is 18.1. The summed E-state index contributed by atoms with van der Waals surface area (Å²) in [5, 5.41) is 3.07. The van der Waals surface area contributed by atoms with E-state index in [0.717, 1.165) is 35.3 Å². The average molecular weight is 434 g/mol. The van der Waals surface area contributed by atoms with Gasteiger partial charge in [0, 0.05) is 30.1 Å². The maximum absolute atomic E-state index is 13.5. The van der Waals surface area contributed by atoms with Crippen LogP contribution in [0.25, 0.3) is 10.6 Å². The van der Waals surface area contributed by atoms with Gasteiger partial charge in [0.15, 0.2) is 0 Å². The second-order valence-electron chi connectivity index (χ2n) is 9.78. The SMILES string of the molecule is O=C(Cc1csc(-c2ccccc2)n1)N1CCCC2=C[C@H]3C[C@H](CN4CCCC[C@H]34)[C@H]21. The van der Waals surface area contributed by atoms with Crippen LogP contribution < -0.4 is 0 Å². The fourth-order valence-electron chi connectivity index (χ4n) is 6.61. The first-order valence-electron chi connectivity index (χ1n) is 12.0. The van der Waals surface area contributed by atoms with Gasteiger partial charge in [0.1, 0.15) is 5.01 Å². The number of piperidine rings is 3. The summed E-state index contributed by atoms with van der Waals surface area (Å²) < 4.78 is 0. The van der Waals surface area contributed by atoms with Crippen molar-refractivity contribution in [1.82, 2.24) is 14.8 Å². The van der Waals surface area contributed by atoms with Crippen LogP contribution in [-0.2, 0) is 11.2 Å². The molecular formula is C26H31N3OS. The fraction of sp³-hybridized carbons (Fsp3) is 0.538. The normalized spacial score (nSPS) is 30.3. The summed E-state index contributed by atoms with van der Waals surface area (Å²) in [4.78, 5) is 23.2. The molecule has 1 amide bonds. The summed E-state index contributed by atoms with van der Waals surface area (Å²) >= 11 is 1.64. The van der Waals surface area contributed by atoms with Crippen LogP contribution in [0.15, 0.2) is 47.4 Å². The quantitative estimate of drug-likeness (QED) is 0.654. The molecule has 0 radical (unpaired) electrons. The molecule has 3 aliphatic heterocycles. The van der Waals surface area contributed by atoms with Crippen LogP contribution >= 0.6 is 11.3 Å². The van der Waals surface area contributed by atoms with Gasteiger partial charge in [0.2, 0.25) is 5.91 Å². The summed E-state index contributed by atoms with van der Waals surface area (Å²) in [7, 11) is 0. The van der Waals surface area contributed by atoms with E-state index in [9.17, 15) is 4.79 Å². The molecule has 4 nitrogen and oxygen atoms in total. The van der Waals surface area contributed by atoms with Gasteiger partial charge in [-0.3, -0.25) is 9.69 Å². The van der Waals surface area contributed by atoms with Crippen LogP contribution in [0.4, 0.5) is 0 Å². The highest BCUT2D eigenvalue weighted by Crippen LogP contribution is 2.45. The molecule has 5 heteroatoms. The zero-order chi connectivity index (χ0) is 20.8. The molecule has 1 aromatic heterocycles. The molecule has 2 aromatic rings. The van der Waals surface area contributed by atoms with Gasteiger partial charge in [-0.15, -0.1) is 11.3 Å². The number of fused-ring (bicyclic) bond motifs is 6. The van der Waals surface area contributed by atoms with Crippen molar-refractivity contribution in [2.24, 2.45) is 11.8 Å². The molecule has 0 saturated carbocycles. The first-order chi connectivity index (χ1) is 15.3. The molecule has 4 aliphatic rings. The van der Waals surface area contributed by atoms with Crippen LogP contribution in [0, 0.1) is 11.8 Å². The minimum absolute atomic E-state index is 0.264. The molecule has 2 bridgehead atoms. The number of aromatic nitrogens is 1. The molecule has 162 valence electrons. The smallest absolute Gasteiger partial charge is 0.229 e. The molecule has 3 saturated heterocycles. The number of rotatable bonds is 3. The molecule has 4 atom stereocenters. The van der Waals surface area contributed by atoms with E-state index in [-0.39, 0.29) is 5.91 Å². The largest absolute Gasteiger partial charge is 0.335 e. The number of thiazole rings is 1. The minimum Gasteiger partial charge on any atom is -0.335 e. The van der Waals surface area contributed by atoms with E-state index in [0.29, 0.717) is 24.3 Å². The van der Waals surface area contributed by atoms with E-state index in [1.807, 2.05) is 18.2 Å². The number of benzene rings is 1. The van der Waals surface area contributed by atoms with E-state index in [1.54, 1.807) is 16.9 Å². The Hall–Kier alpha value is -1.98. The number of amides is 1. The average Bonchev–Trinajstić information content (AvgIpc) is 3.28. The van der Waals surface area contributed by atoms with Crippen molar-refractivity contribution in [1.29, 1.82) is 0 Å². The van der Waals surface area contributed by atoms with Crippen molar-refractivity contribution in [2.75, 3.05) is 19.6 Å². The molecule has 4 heterocycles. The highest BCUT2D eigenvalue weighted by Gasteiger charge is 2.46. The van der Waals surface area contributed by atoms with E-state index in [1.165, 1.54) is 45.2 Å². The summed E-state index contributed by atoms with van der Waals surface area (Å²) in [6.45, 7) is 3.34. The van der Waals surface area contributed by atoms with Gasteiger partial charge in [-0.25, -0.2) is 4.98 Å². The first-order valence-corrected chi connectivity index (χ1v) is 12.9. The molecule has 6 rings (SSSR count). The monoisotopic (exact) mass is 433 g/mol. The van der Waals surface area contributed by atoms with Crippen LogP contribution in [0.2, 0.25) is 0 Å². The van der Waals surface area contributed by atoms with Gasteiger partial charge in [-0.05, 0) is 50.5 Å². The third-order valence-corrected chi connectivity index (χ3v) is 8.82. The molecule has 3 fully saturated rings. The lowest BCUT2D eigenvalue weighted by Crippen LogP contribution is -2.60. The van der Waals surface area contributed by atoms with Crippen LogP contribution in [0.1, 0.15) is 44.2 Å². The number of likely N-dealkylation sites (tertiary alicyclic amines) is 1. The summed E-state index contributed by atoms with van der Waals surface area (Å²) in [5.74, 6) is 1.59. The van der Waals surface area contributed by atoms with Gasteiger partial charge in [-0.1, -0.05) is 48.4 Å². The van der Waals surface area contributed by atoms with Gasteiger partial charge in [-0.2, -0.15) is 0 Å². The number of carbonyl (C=O) groups excluding carboxylic acids is 1. The Morgan fingerprint density at radius 2 is 2.03 bits per heavy atom. The third kappa shape index (κ3) is 3.66. The third-order valence-electron chi connectivity index (χ3n) is 7.88. The van der Waals surface area contributed by atoms with Crippen molar-refractivity contribution in [3.63, 3.8) is 0 Å². The van der Waals surface area contributed by atoms with E-state index in [2.05, 4.69) is 33.4 Å². The Morgan fingerprint density at radius 1 is 1.13 bits per heavy atom. The van der Waals surface area contributed by atoms with Crippen molar-refractivity contribution in [2.45, 2.75) is 57.0 Å². The lowest BCUT2D eigenvalue weighted by Gasteiger charge is -2.54. The van der Waals surface area contributed by atoms with E-state index in [4.69, 9.17) is 4.98 Å². The number of carbonyl (C=O) groups is 1. The standard InChI is InChI=1S/C26H31N3OS/c30-24(15-22-17-31-26(27-22)18-7-2-1-3-8-18)29-12-6-9-19-13-20-14-21(25(19)29)16-28-11-5-4-10-23(20)28/h1-3,7-8,13,17,20-21,23,25H,4-6,9-12,14-16H2/t20-,21+,23+,25-/m0/s1. The zero-order valence-corrected chi connectivity index (χ0v) is 18.9. The molecule has 0 unspecified atom stereocenters. The summed E-state index contributed by atoms with van der Waals surface area (Å²) in [5.41, 5.74) is 3.61. The lowest BCUT2D eigenvalue weighted by molar-refractivity contribution is -0.135. The maximum atomic E-state index is 13.5. The Morgan fingerprint density at radius 3 is 2.94 bits per heavy atom. The van der Waals surface area contributed by atoms with Crippen LogP contribution in [0.5, 0.6) is 0 Å². The van der Waals surface area contributed by atoms with Gasteiger partial charge < -0.3 is 4.90 Å². The Bertz CT molecular complexity index is 984. The highest BCUT2D eigenvalue weighted by atomic mass is 32.1. The predicted molar refractivity (Wildman–Crippen MR) is 125 cm³/mol. The topological polar surface area (TPSA) is 36.4 Å². The summed E-state index contributed by atoms with van der Waals surface area (Å²) in [6, 6.07) is 11.4. The van der Waals surface area contributed by atoms with Crippen molar-refractivity contribution in [3.8, 4) is 10.6 Å². The fourth-order valence-corrected chi connectivity index (χ4v) is 7.44. The lowest BCUT2D eigenvalue weighted by atomic mass is 9.68. The van der Waals surface area contributed by atoms with Gasteiger partial charge >= 0.3 is 0 Å². The number of nitrogens with zero attached hydrogens (tertiary/aromatic N) is 3. The molecule has 1 aromatic carbocycles. The molecular weight excluding hydrogens is 402 g/mol. The maximum Gasteiger partial charge on any atom is 0.229 e. The second-order valence-corrected chi connectivity index (χ2v) is 10.6. The number of hydrogen-bond acceptors (Lipinski definition) is 4. The highest BCUT2D eigenvalue weighted by molar-refractivity contribution is 7.13. The van der Waals surface area contributed by atoms with Crippen LogP contribution in [0.3, 0.4) is 0 Å². The predicted octanol–water partition coefficient (Wildman–Crippen LogP) is 4.77. The Labute approximate surface area is 189 Å². The van der Waals surface area contributed by atoms with Crippen LogP contribution in [-0.4, -0.2) is 52.4 Å². The van der Waals surface area contributed by atoms with Crippen molar-refractivity contribution >= 4 is 17.2 Å². The van der Waals surface area contributed by atoms with E-state index >= 15 is 0 Å². The second kappa shape index (κ2) is 8.18. The van der Waals surface area contributed by atoms with Crippen molar-refractivity contribution in [3.05, 3.63) is 53.1 Å². The molecule has 31 heavy (non-hydrogen) atoms. The van der Waals surface area contributed by atoms with Crippen molar-refractivity contribution < 1.29 is 4.79 Å². The Balaban J connectivity index is 1.21. The Kier molecular flexibility index (Phi) is 5.19. The van der Waals surface area contributed by atoms with Gasteiger partial charge in [0.25, 0.3) is 0 Å². The van der Waals surface area contributed by atoms with E-state index < -0.39 is 0 Å². The molecule has 0 spiro atoms.